The van der Waals surface area contributed by atoms with E-state index in [4.69, 9.17) is 9.47 Å². The third-order valence-corrected chi connectivity index (χ3v) is 3.96. The van der Waals surface area contributed by atoms with Crippen LogP contribution in [-0.4, -0.2) is 6.29 Å². The fourth-order valence-corrected chi connectivity index (χ4v) is 2.91. The maximum absolute atomic E-state index is 5.95. The second kappa shape index (κ2) is 5.19. The Labute approximate surface area is 103 Å². The molecule has 2 aliphatic rings. The molecule has 1 aliphatic heterocycles. The minimum absolute atomic E-state index is 0.0164. The van der Waals surface area contributed by atoms with E-state index in [1.165, 1.54) is 43.2 Å². The standard InChI is InChI=1S/C15H20O2/c1-2-6-12(7-3-1)15-16-10-13-8-4-5-9-14(13)11-17-15/h4-5,8-9,12,15H,1-3,6-7,10-11H2. The van der Waals surface area contributed by atoms with Gasteiger partial charge in [0.1, 0.15) is 0 Å². The number of rotatable bonds is 1. The summed E-state index contributed by atoms with van der Waals surface area (Å²) in [5.74, 6) is 0.609. The van der Waals surface area contributed by atoms with Gasteiger partial charge in [0, 0.05) is 5.92 Å². The molecule has 1 aliphatic carbocycles. The van der Waals surface area contributed by atoms with Gasteiger partial charge in [0.2, 0.25) is 0 Å². The molecule has 92 valence electrons. The largest absolute Gasteiger partial charge is 0.348 e. The Morgan fingerprint density at radius 1 is 0.824 bits per heavy atom. The summed E-state index contributed by atoms with van der Waals surface area (Å²) in [7, 11) is 0. The van der Waals surface area contributed by atoms with Crippen LogP contribution in [0.2, 0.25) is 0 Å². The van der Waals surface area contributed by atoms with Crippen molar-refractivity contribution in [2.45, 2.75) is 51.6 Å². The van der Waals surface area contributed by atoms with Gasteiger partial charge in [-0.1, -0.05) is 43.5 Å². The van der Waals surface area contributed by atoms with Gasteiger partial charge in [-0.2, -0.15) is 0 Å². The predicted octanol–water partition coefficient (Wildman–Crippen LogP) is 3.64. The Morgan fingerprint density at radius 3 is 2.00 bits per heavy atom. The Bertz CT molecular complexity index is 342. The second-order valence-electron chi connectivity index (χ2n) is 5.16. The molecule has 2 heteroatoms. The Balaban J connectivity index is 1.68. The van der Waals surface area contributed by atoms with Gasteiger partial charge in [0.25, 0.3) is 0 Å². The minimum Gasteiger partial charge on any atom is -0.348 e. The first kappa shape index (κ1) is 11.2. The summed E-state index contributed by atoms with van der Waals surface area (Å²) in [6, 6.07) is 8.43. The molecule has 2 nitrogen and oxygen atoms in total. The fourth-order valence-electron chi connectivity index (χ4n) is 2.91. The Hall–Kier alpha value is -0.860. The molecular formula is C15H20O2. The van der Waals surface area contributed by atoms with Gasteiger partial charge in [-0.05, 0) is 24.0 Å². The Morgan fingerprint density at radius 2 is 1.41 bits per heavy atom. The summed E-state index contributed by atoms with van der Waals surface area (Å²) in [6.07, 6.45) is 6.59. The third-order valence-electron chi connectivity index (χ3n) is 3.96. The molecule has 3 rings (SSSR count). The van der Waals surface area contributed by atoms with Gasteiger partial charge in [-0.3, -0.25) is 0 Å². The van der Waals surface area contributed by atoms with Gasteiger partial charge < -0.3 is 9.47 Å². The lowest BCUT2D eigenvalue weighted by Gasteiger charge is -2.28. The van der Waals surface area contributed by atoms with E-state index < -0.39 is 0 Å². The quantitative estimate of drug-likeness (QED) is 0.736. The van der Waals surface area contributed by atoms with Crippen LogP contribution >= 0.6 is 0 Å². The average molecular weight is 232 g/mol. The molecule has 1 heterocycles. The van der Waals surface area contributed by atoms with Crippen LogP contribution in [-0.2, 0) is 22.7 Å². The number of ether oxygens (including phenoxy) is 2. The summed E-state index contributed by atoms with van der Waals surface area (Å²) in [5, 5.41) is 0. The smallest absolute Gasteiger partial charge is 0.161 e. The molecule has 0 saturated heterocycles. The second-order valence-corrected chi connectivity index (χ2v) is 5.16. The summed E-state index contributed by atoms with van der Waals surface area (Å²) in [6.45, 7) is 1.41. The van der Waals surface area contributed by atoms with E-state index in [-0.39, 0.29) is 6.29 Å². The Kier molecular flexibility index (Phi) is 3.44. The first-order valence-corrected chi connectivity index (χ1v) is 6.73. The number of fused-ring (bicyclic) bond motifs is 1. The molecule has 1 aromatic carbocycles. The number of benzene rings is 1. The van der Waals surface area contributed by atoms with E-state index >= 15 is 0 Å². The van der Waals surface area contributed by atoms with Crippen LogP contribution in [0.3, 0.4) is 0 Å². The molecule has 0 amide bonds. The van der Waals surface area contributed by atoms with Crippen molar-refractivity contribution < 1.29 is 9.47 Å². The maximum atomic E-state index is 5.95. The monoisotopic (exact) mass is 232 g/mol. The van der Waals surface area contributed by atoms with Crippen molar-refractivity contribution in [2.75, 3.05) is 0 Å². The molecule has 0 unspecified atom stereocenters. The van der Waals surface area contributed by atoms with Gasteiger partial charge in [-0.25, -0.2) is 0 Å². The van der Waals surface area contributed by atoms with Crippen molar-refractivity contribution in [3.8, 4) is 0 Å². The lowest BCUT2D eigenvalue weighted by atomic mass is 9.89. The van der Waals surface area contributed by atoms with Gasteiger partial charge in [0.05, 0.1) is 13.2 Å². The topological polar surface area (TPSA) is 18.5 Å². The minimum atomic E-state index is 0.0164. The van der Waals surface area contributed by atoms with Crippen molar-refractivity contribution in [3.63, 3.8) is 0 Å². The van der Waals surface area contributed by atoms with Crippen molar-refractivity contribution in [1.29, 1.82) is 0 Å². The van der Waals surface area contributed by atoms with E-state index in [9.17, 15) is 0 Å². The first-order valence-electron chi connectivity index (χ1n) is 6.73. The highest BCUT2D eigenvalue weighted by molar-refractivity contribution is 5.26. The van der Waals surface area contributed by atoms with Crippen LogP contribution in [0.25, 0.3) is 0 Å². The van der Waals surface area contributed by atoms with E-state index in [1.54, 1.807) is 0 Å². The van der Waals surface area contributed by atoms with E-state index in [2.05, 4.69) is 24.3 Å². The molecule has 0 N–H and O–H groups in total. The van der Waals surface area contributed by atoms with Crippen molar-refractivity contribution in [3.05, 3.63) is 35.4 Å². The van der Waals surface area contributed by atoms with Crippen molar-refractivity contribution >= 4 is 0 Å². The van der Waals surface area contributed by atoms with E-state index in [0.29, 0.717) is 19.1 Å². The highest BCUT2D eigenvalue weighted by Gasteiger charge is 2.27. The predicted molar refractivity (Wildman–Crippen MR) is 66.4 cm³/mol. The highest BCUT2D eigenvalue weighted by atomic mass is 16.7. The third kappa shape index (κ3) is 2.53. The van der Waals surface area contributed by atoms with E-state index in [0.717, 1.165) is 0 Å². The van der Waals surface area contributed by atoms with Gasteiger partial charge >= 0.3 is 0 Å². The molecule has 0 aromatic heterocycles. The van der Waals surface area contributed by atoms with Crippen LogP contribution in [0.1, 0.15) is 43.2 Å². The lowest BCUT2D eigenvalue weighted by Crippen LogP contribution is -2.27. The van der Waals surface area contributed by atoms with Gasteiger partial charge in [-0.15, -0.1) is 0 Å². The van der Waals surface area contributed by atoms with Gasteiger partial charge in [0.15, 0.2) is 6.29 Å². The lowest BCUT2D eigenvalue weighted by molar-refractivity contribution is -0.183. The molecule has 0 spiro atoms. The summed E-state index contributed by atoms with van der Waals surface area (Å²) >= 11 is 0. The molecule has 17 heavy (non-hydrogen) atoms. The molecule has 0 radical (unpaired) electrons. The zero-order valence-electron chi connectivity index (χ0n) is 10.2. The van der Waals surface area contributed by atoms with E-state index in [1.807, 2.05) is 0 Å². The van der Waals surface area contributed by atoms with Crippen LogP contribution in [0.5, 0.6) is 0 Å². The fraction of sp³-hybridized carbons (Fsp3) is 0.600. The molecule has 1 aromatic rings. The molecule has 1 fully saturated rings. The molecule has 0 atom stereocenters. The van der Waals surface area contributed by atoms with Crippen LogP contribution in [0, 0.1) is 5.92 Å². The van der Waals surface area contributed by atoms with Crippen LogP contribution in [0.15, 0.2) is 24.3 Å². The maximum Gasteiger partial charge on any atom is 0.161 e. The number of hydrogen-bond donors (Lipinski definition) is 0. The molecule has 0 bridgehead atoms. The highest BCUT2D eigenvalue weighted by Crippen LogP contribution is 2.31. The SMILES string of the molecule is c1ccc2c(c1)COC(C1CCCCC1)OC2. The zero-order valence-corrected chi connectivity index (χ0v) is 10.2. The zero-order chi connectivity index (χ0) is 11.5. The average Bonchev–Trinajstić information content (AvgIpc) is 2.62. The first-order chi connectivity index (χ1) is 8.43. The summed E-state index contributed by atoms with van der Waals surface area (Å²) in [4.78, 5) is 0. The molecular weight excluding hydrogens is 212 g/mol. The normalized spacial score (nSPS) is 23.1. The summed E-state index contributed by atoms with van der Waals surface area (Å²) < 4.78 is 11.9. The van der Waals surface area contributed by atoms with Crippen LogP contribution < -0.4 is 0 Å². The number of hydrogen-bond acceptors (Lipinski definition) is 2. The van der Waals surface area contributed by atoms with Crippen molar-refractivity contribution in [1.82, 2.24) is 0 Å². The van der Waals surface area contributed by atoms with Crippen molar-refractivity contribution in [2.24, 2.45) is 5.92 Å². The summed E-state index contributed by atoms with van der Waals surface area (Å²) in [5.41, 5.74) is 2.57. The molecule has 1 saturated carbocycles. The van der Waals surface area contributed by atoms with Crippen LogP contribution in [0.4, 0.5) is 0 Å².